The van der Waals surface area contributed by atoms with E-state index in [-0.39, 0.29) is 23.7 Å². The summed E-state index contributed by atoms with van der Waals surface area (Å²) in [7, 11) is 6.35. The first kappa shape index (κ1) is 33.5. The second-order valence-corrected chi connectivity index (χ2v) is 11.9. The zero-order valence-corrected chi connectivity index (χ0v) is 27.5. The summed E-state index contributed by atoms with van der Waals surface area (Å²) in [6.07, 6.45) is 3.15. The highest BCUT2D eigenvalue weighted by atomic mass is 19.1. The van der Waals surface area contributed by atoms with Crippen LogP contribution >= 0.6 is 0 Å². The van der Waals surface area contributed by atoms with Gasteiger partial charge in [-0.15, -0.1) is 0 Å². The van der Waals surface area contributed by atoms with E-state index < -0.39 is 0 Å². The molecule has 1 fully saturated rings. The normalized spacial score (nSPS) is 14.4. The van der Waals surface area contributed by atoms with Gasteiger partial charge in [-0.1, -0.05) is 24.3 Å². The minimum Gasteiger partial charge on any atom is -0.493 e. The van der Waals surface area contributed by atoms with Crippen LogP contribution in [0.5, 0.6) is 17.2 Å². The Labute approximate surface area is 275 Å². The second-order valence-electron chi connectivity index (χ2n) is 11.9. The van der Waals surface area contributed by atoms with Gasteiger partial charge in [0.15, 0.2) is 11.5 Å². The number of halogens is 1. The number of likely N-dealkylation sites (N-methyl/N-ethyl adjacent to an activating group) is 1. The number of nitrogens with zero attached hydrogens (tertiary/aromatic N) is 5. The summed E-state index contributed by atoms with van der Waals surface area (Å²) in [6.45, 7) is 3.75. The monoisotopic (exact) mass is 642 g/mol. The van der Waals surface area contributed by atoms with Crippen molar-refractivity contribution in [3.63, 3.8) is 0 Å². The van der Waals surface area contributed by atoms with E-state index in [1.54, 1.807) is 24.1 Å². The fourth-order valence-electron chi connectivity index (χ4n) is 6.33. The zero-order valence-electron chi connectivity index (χ0n) is 27.5. The van der Waals surface area contributed by atoms with Gasteiger partial charge in [-0.3, -0.25) is 4.79 Å². The molecule has 248 valence electrons. The van der Waals surface area contributed by atoms with Crippen LogP contribution in [0.15, 0.2) is 60.7 Å². The molecule has 10 nitrogen and oxygen atoms in total. The van der Waals surface area contributed by atoms with Gasteiger partial charge in [0.05, 0.1) is 44.9 Å². The van der Waals surface area contributed by atoms with Crippen LogP contribution in [0.3, 0.4) is 0 Å². The average molecular weight is 643 g/mol. The predicted molar refractivity (Wildman–Crippen MR) is 180 cm³/mol. The van der Waals surface area contributed by atoms with E-state index in [2.05, 4.69) is 20.9 Å². The van der Waals surface area contributed by atoms with Crippen molar-refractivity contribution in [3.8, 4) is 23.3 Å². The number of imidazole rings is 1. The summed E-state index contributed by atoms with van der Waals surface area (Å²) in [4.78, 5) is 22.6. The van der Waals surface area contributed by atoms with Gasteiger partial charge in [0.1, 0.15) is 5.82 Å². The molecule has 1 amide bonds. The van der Waals surface area contributed by atoms with Crippen molar-refractivity contribution in [2.75, 3.05) is 59.9 Å². The SMILES string of the molecule is COc1cc(C(=O)N(C)CC(CCN2CCC(Nc3nc4ccccc4n3CCC#N)CC2)c2ccc(F)cc2)cc(OC)c1OC. The second kappa shape index (κ2) is 15.6. The van der Waals surface area contributed by atoms with Crippen LogP contribution in [-0.4, -0.2) is 85.9 Å². The topological polar surface area (TPSA) is 105 Å². The first-order valence-electron chi connectivity index (χ1n) is 16.0. The van der Waals surface area contributed by atoms with Gasteiger partial charge in [0.2, 0.25) is 11.7 Å². The third-order valence-electron chi connectivity index (χ3n) is 8.91. The molecule has 1 saturated heterocycles. The summed E-state index contributed by atoms with van der Waals surface area (Å²) in [6, 6.07) is 20.4. The molecule has 1 unspecified atom stereocenters. The van der Waals surface area contributed by atoms with Crippen LogP contribution in [0.2, 0.25) is 0 Å². The summed E-state index contributed by atoms with van der Waals surface area (Å²) < 4.78 is 32.3. The third kappa shape index (κ3) is 7.95. The molecule has 1 N–H and O–H groups in total. The van der Waals surface area contributed by atoms with Gasteiger partial charge in [0, 0.05) is 50.7 Å². The average Bonchev–Trinajstić information content (AvgIpc) is 3.45. The standard InChI is InChI=1S/C36H43FN6O4/c1-41(35(44)27-22-32(45-2)34(47-4)33(23-27)46-3)24-26(25-10-12-28(37)13-11-25)14-19-42-20-15-29(16-21-42)39-36-40-30-8-5-6-9-31(30)43(36)18-7-17-38/h5-6,8-13,22-23,26,29H,7,14-16,18-21,24H2,1-4H3,(H,39,40). The van der Waals surface area contributed by atoms with Gasteiger partial charge >= 0.3 is 0 Å². The number of benzene rings is 3. The number of aryl methyl sites for hydroxylation is 1. The van der Waals surface area contributed by atoms with E-state index in [0.29, 0.717) is 42.3 Å². The predicted octanol–water partition coefficient (Wildman–Crippen LogP) is 5.94. The number of amides is 1. The molecule has 0 radical (unpaired) electrons. The largest absolute Gasteiger partial charge is 0.493 e. The molecule has 47 heavy (non-hydrogen) atoms. The number of nitrogens with one attached hydrogen (secondary N) is 1. The number of likely N-dealkylation sites (tertiary alicyclic amines) is 1. The number of fused-ring (bicyclic) bond motifs is 1. The molecule has 5 rings (SSSR count). The maximum atomic E-state index is 13.9. The fraction of sp³-hybridized carbons (Fsp3) is 0.417. The lowest BCUT2D eigenvalue weighted by molar-refractivity contribution is 0.0781. The smallest absolute Gasteiger partial charge is 0.253 e. The number of carbonyl (C=O) groups excluding carboxylic acids is 1. The first-order chi connectivity index (χ1) is 22.8. The Kier molecular flexibility index (Phi) is 11.2. The summed E-state index contributed by atoms with van der Waals surface area (Å²) in [5.74, 6) is 1.61. The molecule has 0 bridgehead atoms. The van der Waals surface area contributed by atoms with E-state index in [1.807, 2.05) is 36.4 Å². The summed E-state index contributed by atoms with van der Waals surface area (Å²) in [5.41, 5.74) is 3.37. The lowest BCUT2D eigenvalue weighted by atomic mass is 9.94. The Morgan fingerprint density at radius 2 is 1.72 bits per heavy atom. The minimum atomic E-state index is -0.287. The molecular weight excluding hydrogens is 599 g/mol. The zero-order chi connectivity index (χ0) is 33.3. The molecule has 0 saturated carbocycles. The summed E-state index contributed by atoms with van der Waals surface area (Å²) >= 11 is 0. The van der Waals surface area contributed by atoms with Crippen molar-refractivity contribution in [3.05, 3.63) is 77.6 Å². The lowest BCUT2D eigenvalue weighted by Crippen LogP contribution is -2.40. The summed E-state index contributed by atoms with van der Waals surface area (Å²) in [5, 5.41) is 12.8. The van der Waals surface area contributed by atoms with Crippen LogP contribution < -0.4 is 19.5 Å². The number of anilines is 1. The van der Waals surface area contributed by atoms with Gasteiger partial charge < -0.3 is 33.9 Å². The molecule has 3 aromatic carbocycles. The van der Waals surface area contributed by atoms with Crippen molar-refractivity contribution in [1.82, 2.24) is 19.4 Å². The molecule has 0 aliphatic carbocycles. The highest BCUT2D eigenvalue weighted by Gasteiger charge is 2.25. The molecule has 1 atom stereocenters. The molecule has 1 aliphatic rings. The first-order valence-corrected chi connectivity index (χ1v) is 16.0. The molecule has 0 spiro atoms. The Morgan fingerprint density at radius 1 is 1.04 bits per heavy atom. The van der Waals surface area contributed by atoms with Crippen molar-refractivity contribution in [1.29, 1.82) is 5.26 Å². The number of rotatable bonds is 14. The van der Waals surface area contributed by atoms with Crippen molar-refractivity contribution in [2.24, 2.45) is 0 Å². The quantitative estimate of drug-likeness (QED) is 0.180. The van der Waals surface area contributed by atoms with Gasteiger partial charge in [-0.2, -0.15) is 5.26 Å². The number of para-hydroxylation sites is 2. The number of piperidine rings is 1. The number of hydrogen-bond donors (Lipinski definition) is 1. The van der Waals surface area contributed by atoms with Crippen LogP contribution in [0.4, 0.5) is 10.3 Å². The van der Waals surface area contributed by atoms with Crippen LogP contribution in [-0.2, 0) is 6.54 Å². The number of aromatic nitrogens is 2. The van der Waals surface area contributed by atoms with E-state index in [0.717, 1.165) is 61.4 Å². The maximum absolute atomic E-state index is 13.9. The number of methoxy groups -OCH3 is 3. The van der Waals surface area contributed by atoms with Crippen LogP contribution in [0.25, 0.3) is 11.0 Å². The van der Waals surface area contributed by atoms with Crippen LogP contribution in [0.1, 0.15) is 47.5 Å². The van der Waals surface area contributed by atoms with Crippen molar-refractivity contribution in [2.45, 2.75) is 44.2 Å². The minimum absolute atomic E-state index is 0.00230. The van der Waals surface area contributed by atoms with Crippen molar-refractivity contribution < 1.29 is 23.4 Å². The molecule has 1 aromatic heterocycles. The van der Waals surface area contributed by atoms with Gasteiger partial charge in [-0.25, -0.2) is 9.37 Å². The molecule has 11 heteroatoms. The molecule has 2 heterocycles. The highest BCUT2D eigenvalue weighted by Crippen LogP contribution is 2.38. The van der Waals surface area contributed by atoms with E-state index in [4.69, 9.17) is 19.2 Å². The third-order valence-corrected chi connectivity index (χ3v) is 8.91. The molecule has 1 aliphatic heterocycles. The van der Waals surface area contributed by atoms with E-state index in [1.165, 1.54) is 33.5 Å². The number of hydrogen-bond acceptors (Lipinski definition) is 8. The maximum Gasteiger partial charge on any atom is 0.253 e. The fourth-order valence-corrected chi connectivity index (χ4v) is 6.33. The Balaban J connectivity index is 1.22. The Bertz CT molecular complexity index is 1670. The van der Waals surface area contributed by atoms with Crippen molar-refractivity contribution >= 4 is 22.9 Å². The van der Waals surface area contributed by atoms with E-state index >= 15 is 0 Å². The molecular formula is C36H43FN6O4. The Morgan fingerprint density at radius 3 is 2.36 bits per heavy atom. The van der Waals surface area contributed by atoms with Crippen LogP contribution in [0, 0.1) is 17.1 Å². The number of ether oxygens (including phenoxy) is 3. The number of carbonyl (C=O) groups is 1. The van der Waals surface area contributed by atoms with Gasteiger partial charge in [0.25, 0.3) is 5.91 Å². The lowest BCUT2D eigenvalue weighted by Gasteiger charge is -2.34. The highest BCUT2D eigenvalue weighted by molar-refractivity contribution is 5.95. The number of nitriles is 1. The Hall–Kier alpha value is -4.82. The molecule has 4 aromatic rings. The van der Waals surface area contributed by atoms with Gasteiger partial charge in [-0.05, 0) is 67.8 Å². The van der Waals surface area contributed by atoms with E-state index in [9.17, 15) is 14.4 Å².